The second-order valence-electron chi connectivity index (χ2n) is 4.80. The summed E-state index contributed by atoms with van der Waals surface area (Å²) in [5.41, 5.74) is 2.67. The van der Waals surface area contributed by atoms with Crippen LogP contribution in [0.25, 0.3) is 0 Å². The molecular weight excluding hydrogens is 274 g/mol. The molecule has 0 radical (unpaired) electrons. The highest BCUT2D eigenvalue weighted by Gasteiger charge is 2.11. The van der Waals surface area contributed by atoms with Gasteiger partial charge in [-0.05, 0) is 51.8 Å². The third-order valence-electron chi connectivity index (χ3n) is 2.69. The molecule has 0 spiro atoms. The molecule has 1 aromatic rings. The number of halogens is 1. The first kappa shape index (κ1) is 16.4. The first-order chi connectivity index (χ1) is 9.50. The van der Waals surface area contributed by atoms with Crippen LogP contribution < -0.4 is 0 Å². The molecule has 108 valence electrons. The minimum absolute atomic E-state index is 0.157. The number of hydrogen-bond donors (Lipinski definition) is 0. The van der Waals surface area contributed by atoms with Crippen molar-refractivity contribution in [3.05, 3.63) is 52.3 Å². The standard InChI is InChI=1S/C16H20ClNO2/c1-12(2)6-4-7-13(3)9-11-20-16(19)15-14(17)8-5-10-18-15/h5-6,8-10H,4,7,11H2,1-3H3/b13-9+. The van der Waals surface area contributed by atoms with E-state index in [1.165, 1.54) is 17.3 Å². The van der Waals surface area contributed by atoms with Gasteiger partial charge < -0.3 is 4.74 Å². The number of esters is 1. The maximum atomic E-state index is 11.7. The molecule has 0 aromatic carbocycles. The number of rotatable bonds is 6. The van der Waals surface area contributed by atoms with E-state index in [4.69, 9.17) is 16.3 Å². The molecule has 0 aliphatic carbocycles. The van der Waals surface area contributed by atoms with E-state index >= 15 is 0 Å². The van der Waals surface area contributed by atoms with Gasteiger partial charge in [-0.1, -0.05) is 28.8 Å². The van der Waals surface area contributed by atoms with Gasteiger partial charge in [-0.2, -0.15) is 0 Å². The lowest BCUT2D eigenvalue weighted by Gasteiger charge is -2.04. The average molecular weight is 294 g/mol. The summed E-state index contributed by atoms with van der Waals surface area (Å²) in [6.07, 6.45) is 7.59. The summed E-state index contributed by atoms with van der Waals surface area (Å²) in [6, 6.07) is 3.29. The van der Waals surface area contributed by atoms with Crippen molar-refractivity contribution in [3.8, 4) is 0 Å². The predicted molar refractivity (Wildman–Crippen MR) is 82.0 cm³/mol. The van der Waals surface area contributed by atoms with E-state index < -0.39 is 5.97 Å². The van der Waals surface area contributed by atoms with Crippen LogP contribution in [0.1, 0.15) is 44.1 Å². The zero-order valence-electron chi connectivity index (χ0n) is 12.1. The molecule has 0 atom stereocenters. The molecule has 0 unspecified atom stereocenters. The van der Waals surface area contributed by atoms with E-state index in [0.717, 1.165) is 12.8 Å². The van der Waals surface area contributed by atoms with Crippen LogP contribution in [0.4, 0.5) is 0 Å². The van der Waals surface area contributed by atoms with Gasteiger partial charge in [0.2, 0.25) is 0 Å². The lowest BCUT2D eigenvalue weighted by Crippen LogP contribution is -2.08. The lowest BCUT2D eigenvalue weighted by molar-refractivity contribution is 0.0542. The molecule has 0 aliphatic heterocycles. The molecule has 1 rings (SSSR count). The maximum absolute atomic E-state index is 11.7. The topological polar surface area (TPSA) is 39.2 Å². The summed E-state index contributed by atoms with van der Waals surface area (Å²) in [5, 5.41) is 0.307. The third-order valence-corrected chi connectivity index (χ3v) is 2.99. The minimum Gasteiger partial charge on any atom is -0.457 e. The Bertz CT molecular complexity index is 517. The molecule has 0 saturated heterocycles. The van der Waals surface area contributed by atoms with Crippen molar-refractivity contribution in [2.75, 3.05) is 6.61 Å². The minimum atomic E-state index is -0.496. The summed E-state index contributed by atoms with van der Waals surface area (Å²) < 4.78 is 5.13. The third kappa shape index (κ3) is 6.02. The van der Waals surface area contributed by atoms with E-state index in [1.54, 1.807) is 12.1 Å². The maximum Gasteiger partial charge on any atom is 0.358 e. The van der Waals surface area contributed by atoms with Crippen molar-refractivity contribution in [1.29, 1.82) is 0 Å². The van der Waals surface area contributed by atoms with Gasteiger partial charge in [0, 0.05) is 6.20 Å². The molecule has 0 aliphatic rings. The first-order valence-corrected chi connectivity index (χ1v) is 6.95. The number of ether oxygens (including phenoxy) is 1. The quantitative estimate of drug-likeness (QED) is 0.569. The Morgan fingerprint density at radius 2 is 2.10 bits per heavy atom. The monoisotopic (exact) mass is 293 g/mol. The van der Waals surface area contributed by atoms with Crippen LogP contribution in [0.5, 0.6) is 0 Å². The molecule has 0 N–H and O–H groups in total. The second kappa shape index (κ2) is 8.54. The number of pyridine rings is 1. The molecular formula is C16H20ClNO2. The van der Waals surface area contributed by atoms with Crippen LogP contribution in [-0.2, 0) is 4.74 Å². The van der Waals surface area contributed by atoms with Gasteiger partial charge in [0.25, 0.3) is 0 Å². The fraction of sp³-hybridized carbons (Fsp3) is 0.375. The molecule has 0 amide bonds. The van der Waals surface area contributed by atoms with Crippen LogP contribution >= 0.6 is 11.6 Å². The van der Waals surface area contributed by atoms with Crippen LogP contribution in [0.2, 0.25) is 5.02 Å². The number of carbonyl (C=O) groups is 1. The van der Waals surface area contributed by atoms with Crippen molar-refractivity contribution in [1.82, 2.24) is 4.98 Å². The number of hydrogen-bond acceptors (Lipinski definition) is 3. The summed E-state index contributed by atoms with van der Waals surface area (Å²) in [4.78, 5) is 15.7. The Kier molecular flexibility index (Phi) is 7.02. The van der Waals surface area contributed by atoms with E-state index in [9.17, 15) is 4.79 Å². The predicted octanol–water partition coefficient (Wildman–Crippen LogP) is 4.58. The van der Waals surface area contributed by atoms with E-state index in [-0.39, 0.29) is 12.3 Å². The van der Waals surface area contributed by atoms with Gasteiger partial charge in [0.1, 0.15) is 6.61 Å². The fourth-order valence-corrected chi connectivity index (χ4v) is 1.75. The van der Waals surface area contributed by atoms with Crippen molar-refractivity contribution in [3.63, 3.8) is 0 Å². The van der Waals surface area contributed by atoms with Crippen molar-refractivity contribution in [2.45, 2.75) is 33.6 Å². The van der Waals surface area contributed by atoms with Crippen LogP contribution in [0, 0.1) is 0 Å². The second-order valence-corrected chi connectivity index (χ2v) is 5.21. The number of nitrogens with zero attached hydrogens (tertiary/aromatic N) is 1. The summed E-state index contributed by atoms with van der Waals surface area (Å²) >= 11 is 5.87. The Labute approximate surface area is 125 Å². The number of aromatic nitrogens is 1. The highest BCUT2D eigenvalue weighted by Crippen LogP contribution is 2.13. The Morgan fingerprint density at radius 1 is 1.35 bits per heavy atom. The van der Waals surface area contributed by atoms with Crippen LogP contribution in [0.15, 0.2) is 41.6 Å². The van der Waals surface area contributed by atoms with Crippen molar-refractivity contribution >= 4 is 17.6 Å². The normalized spacial score (nSPS) is 11.1. The fourth-order valence-electron chi connectivity index (χ4n) is 1.55. The Balaban J connectivity index is 2.42. The summed E-state index contributed by atoms with van der Waals surface area (Å²) in [7, 11) is 0. The smallest absolute Gasteiger partial charge is 0.358 e. The van der Waals surface area contributed by atoms with E-state index in [1.807, 2.05) is 13.0 Å². The molecule has 0 fully saturated rings. The average Bonchev–Trinajstić information content (AvgIpc) is 2.38. The van der Waals surface area contributed by atoms with Gasteiger partial charge in [-0.25, -0.2) is 9.78 Å². The highest BCUT2D eigenvalue weighted by molar-refractivity contribution is 6.33. The SMILES string of the molecule is CC(C)=CCC/C(C)=C/COC(=O)c1ncccc1Cl. The molecule has 1 heterocycles. The molecule has 0 saturated carbocycles. The van der Waals surface area contributed by atoms with Gasteiger partial charge in [0.15, 0.2) is 5.69 Å². The zero-order valence-corrected chi connectivity index (χ0v) is 12.9. The molecule has 4 heteroatoms. The number of carbonyl (C=O) groups excluding carboxylic acids is 1. The summed E-state index contributed by atoms with van der Waals surface area (Å²) in [6.45, 7) is 6.43. The Hall–Kier alpha value is -1.61. The van der Waals surface area contributed by atoms with Crippen molar-refractivity contribution < 1.29 is 9.53 Å². The molecule has 3 nitrogen and oxygen atoms in total. The molecule has 0 bridgehead atoms. The lowest BCUT2D eigenvalue weighted by atomic mass is 10.1. The first-order valence-electron chi connectivity index (χ1n) is 6.57. The molecule has 20 heavy (non-hydrogen) atoms. The highest BCUT2D eigenvalue weighted by atomic mass is 35.5. The summed E-state index contributed by atoms with van der Waals surface area (Å²) in [5.74, 6) is -0.496. The van der Waals surface area contributed by atoms with Gasteiger partial charge in [-0.3, -0.25) is 0 Å². The Morgan fingerprint density at radius 3 is 2.75 bits per heavy atom. The zero-order chi connectivity index (χ0) is 15.0. The van der Waals surface area contributed by atoms with E-state index in [2.05, 4.69) is 24.9 Å². The van der Waals surface area contributed by atoms with Crippen LogP contribution in [0.3, 0.4) is 0 Å². The van der Waals surface area contributed by atoms with E-state index in [0.29, 0.717) is 5.02 Å². The van der Waals surface area contributed by atoms with Crippen LogP contribution in [-0.4, -0.2) is 17.6 Å². The van der Waals surface area contributed by atoms with Gasteiger partial charge >= 0.3 is 5.97 Å². The largest absolute Gasteiger partial charge is 0.457 e. The van der Waals surface area contributed by atoms with Gasteiger partial charge in [-0.15, -0.1) is 0 Å². The molecule has 1 aromatic heterocycles. The van der Waals surface area contributed by atoms with Gasteiger partial charge in [0.05, 0.1) is 5.02 Å². The van der Waals surface area contributed by atoms with Crippen molar-refractivity contribution in [2.24, 2.45) is 0 Å². The number of allylic oxidation sites excluding steroid dienone is 3.